The van der Waals surface area contributed by atoms with E-state index < -0.39 is 0 Å². The average molecular weight is 377 g/mol. The van der Waals surface area contributed by atoms with Crippen LogP contribution in [-0.4, -0.2) is 31.5 Å². The Labute approximate surface area is 157 Å². The van der Waals surface area contributed by atoms with Gasteiger partial charge in [-0.1, -0.05) is 0 Å². The molecular weight excluding hydrogens is 362 g/mol. The smallest absolute Gasteiger partial charge is 0.177 e. The van der Waals surface area contributed by atoms with E-state index in [1.807, 2.05) is 24.5 Å². The highest BCUT2D eigenvalue weighted by Crippen LogP contribution is 2.40. The molecule has 0 aromatic carbocycles. The number of aliphatic hydroxyl groups excluding tert-OH is 1. The topological polar surface area (TPSA) is 103 Å². The number of aliphatic hydroxyl groups is 1. The molecule has 0 aliphatic carbocycles. The second-order valence-corrected chi connectivity index (χ2v) is 7.06. The van der Waals surface area contributed by atoms with E-state index in [-0.39, 0.29) is 6.61 Å². The largest absolute Gasteiger partial charge is 0.452 e. The van der Waals surface area contributed by atoms with Crippen LogP contribution in [0.15, 0.2) is 52.9 Å². The molecule has 0 aliphatic heterocycles. The molecule has 0 atom stereocenters. The minimum absolute atomic E-state index is 0.0342. The SMILES string of the molecule is Nc1ncc(-c2cnn(CCO)c2)c2cc(-c3csc4cnccc34)oc12. The second kappa shape index (κ2) is 6.19. The fourth-order valence-corrected chi connectivity index (χ4v) is 4.12. The lowest BCUT2D eigenvalue weighted by Crippen LogP contribution is -2.01. The first-order valence-corrected chi connectivity index (χ1v) is 9.26. The molecule has 0 saturated heterocycles. The number of thiophene rings is 1. The normalized spacial score (nSPS) is 11.6. The second-order valence-electron chi connectivity index (χ2n) is 6.15. The van der Waals surface area contributed by atoms with E-state index in [1.54, 1.807) is 34.6 Å². The monoisotopic (exact) mass is 377 g/mol. The van der Waals surface area contributed by atoms with Crippen LogP contribution >= 0.6 is 11.3 Å². The molecule has 0 amide bonds. The highest BCUT2D eigenvalue weighted by atomic mass is 32.1. The highest BCUT2D eigenvalue weighted by molar-refractivity contribution is 7.17. The lowest BCUT2D eigenvalue weighted by atomic mass is 10.1. The Morgan fingerprint density at radius 1 is 1.19 bits per heavy atom. The summed E-state index contributed by atoms with van der Waals surface area (Å²) >= 11 is 1.63. The maximum Gasteiger partial charge on any atom is 0.177 e. The molecule has 8 heteroatoms. The number of nitrogen functional groups attached to an aromatic ring is 1. The van der Waals surface area contributed by atoms with Crippen molar-refractivity contribution in [2.75, 3.05) is 12.3 Å². The predicted octanol–water partition coefficient (Wildman–Crippen LogP) is 3.54. The first-order valence-electron chi connectivity index (χ1n) is 8.38. The summed E-state index contributed by atoms with van der Waals surface area (Å²) in [4.78, 5) is 8.46. The van der Waals surface area contributed by atoms with Crippen molar-refractivity contribution in [1.29, 1.82) is 0 Å². The molecular formula is C19H15N5O2S. The molecule has 5 aromatic heterocycles. The van der Waals surface area contributed by atoms with Crippen LogP contribution in [0, 0.1) is 0 Å². The van der Waals surface area contributed by atoms with Gasteiger partial charge >= 0.3 is 0 Å². The first-order chi connectivity index (χ1) is 13.2. The van der Waals surface area contributed by atoms with Gasteiger partial charge in [0, 0.05) is 57.6 Å². The number of pyridine rings is 2. The fourth-order valence-electron chi connectivity index (χ4n) is 3.21. The molecule has 0 spiro atoms. The van der Waals surface area contributed by atoms with Gasteiger partial charge in [0.05, 0.1) is 24.0 Å². The van der Waals surface area contributed by atoms with Gasteiger partial charge in [0.15, 0.2) is 11.4 Å². The van der Waals surface area contributed by atoms with E-state index in [2.05, 4.69) is 20.4 Å². The Morgan fingerprint density at radius 2 is 2.11 bits per heavy atom. The lowest BCUT2D eigenvalue weighted by molar-refractivity contribution is 0.269. The molecule has 0 bridgehead atoms. The van der Waals surface area contributed by atoms with Gasteiger partial charge < -0.3 is 15.3 Å². The average Bonchev–Trinajstić information content (AvgIpc) is 3.40. The fraction of sp³-hybridized carbons (Fsp3) is 0.105. The van der Waals surface area contributed by atoms with Crippen LogP contribution in [0.2, 0.25) is 0 Å². The number of nitrogens with zero attached hydrogens (tertiary/aromatic N) is 4. The van der Waals surface area contributed by atoms with E-state index in [1.165, 1.54) is 0 Å². The number of furan rings is 1. The van der Waals surface area contributed by atoms with Gasteiger partial charge in [-0.3, -0.25) is 9.67 Å². The Hall–Kier alpha value is -3.23. The van der Waals surface area contributed by atoms with Crippen LogP contribution in [0.3, 0.4) is 0 Å². The zero-order chi connectivity index (χ0) is 18.4. The van der Waals surface area contributed by atoms with Gasteiger partial charge in [0.2, 0.25) is 0 Å². The number of anilines is 1. The van der Waals surface area contributed by atoms with E-state index >= 15 is 0 Å². The maximum absolute atomic E-state index is 9.10. The molecule has 0 radical (unpaired) electrons. The van der Waals surface area contributed by atoms with Crippen molar-refractivity contribution in [3.05, 3.63) is 48.5 Å². The van der Waals surface area contributed by atoms with E-state index in [0.29, 0.717) is 17.9 Å². The summed E-state index contributed by atoms with van der Waals surface area (Å²) in [5.74, 6) is 1.09. The Morgan fingerprint density at radius 3 is 3.00 bits per heavy atom. The van der Waals surface area contributed by atoms with Crippen molar-refractivity contribution in [3.8, 4) is 22.5 Å². The van der Waals surface area contributed by atoms with Crippen LogP contribution in [0.4, 0.5) is 5.82 Å². The summed E-state index contributed by atoms with van der Waals surface area (Å²) in [5.41, 5.74) is 9.42. The Balaban J connectivity index is 1.69. The number of fused-ring (bicyclic) bond motifs is 2. The molecule has 7 nitrogen and oxygen atoms in total. The molecule has 5 rings (SSSR count). The number of hydrogen-bond acceptors (Lipinski definition) is 7. The molecule has 5 aromatic rings. The summed E-state index contributed by atoms with van der Waals surface area (Å²) in [7, 11) is 0. The highest BCUT2D eigenvalue weighted by Gasteiger charge is 2.17. The molecule has 27 heavy (non-hydrogen) atoms. The van der Waals surface area contributed by atoms with Crippen molar-refractivity contribution in [3.63, 3.8) is 0 Å². The van der Waals surface area contributed by atoms with Crippen LogP contribution < -0.4 is 5.73 Å². The third kappa shape index (κ3) is 2.57. The first kappa shape index (κ1) is 16.0. The van der Waals surface area contributed by atoms with Crippen molar-refractivity contribution in [2.45, 2.75) is 6.54 Å². The Kier molecular flexibility index (Phi) is 3.66. The summed E-state index contributed by atoms with van der Waals surface area (Å²) in [5, 5.41) is 17.4. The summed E-state index contributed by atoms with van der Waals surface area (Å²) in [6.07, 6.45) is 8.98. The van der Waals surface area contributed by atoms with Crippen molar-refractivity contribution < 1.29 is 9.52 Å². The van der Waals surface area contributed by atoms with E-state index in [4.69, 9.17) is 15.3 Å². The van der Waals surface area contributed by atoms with Crippen LogP contribution in [0.25, 0.3) is 43.5 Å². The number of rotatable bonds is 4. The van der Waals surface area contributed by atoms with Crippen molar-refractivity contribution in [1.82, 2.24) is 19.7 Å². The summed E-state index contributed by atoms with van der Waals surface area (Å²) in [6, 6.07) is 3.98. The minimum atomic E-state index is 0.0342. The van der Waals surface area contributed by atoms with Gasteiger partial charge in [-0.2, -0.15) is 5.10 Å². The third-order valence-electron chi connectivity index (χ3n) is 4.50. The van der Waals surface area contributed by atoms with E-state index in [9.17, 15) is 0 Å². The van der Waals surface area contributed by atoms with Crippen molar-refractivity contribution >= 4 is 38.2 Å². The van der Waals surface area contributed by atoms with Gasteiger partial charge in [0.1, 0.15) is 5.76 Å². The number of nitrogens with two attached hydrogens (primary N) is 1. The molecule has 0 unspecified atom stereocenters. The van der Waals surface area contributed by atoms with Crippen molar-refractivity contribution in [2.24, 2.45) is 0 Å². The van der Waals surface area contributed by atoms with Gasteiger partial charge in [-0.25, -0.2) is 4.98 Å². The quantitative estimate of drug-likeness (QED) is 0.496. The number of hydrogen-bond donors (Lipinski definition) is 2. The van der Waals surface area contributed by atoms with E-state index in [0.717, 1.165) is 37.9 Å². The molecule has 0 saturated carbocycles. The van der Waals surface area contributed by atoms with Crippen LogP contribution in [0.1, 0.15) is 0 Å². The predicted molar refractivity (Wildman–Crippen MR) is 105 cm³/mol. The van der Waals surface area contributed by atoms with Gasteiger partial charge in [0.25, 0.3) is 0 Å². The summed E-state index contributed by atoms with van der Waals surface area (Å²) < 4.78 is 8.89. The number of aromatic nitrogens is 4. The zero-order valence-corrected chi connectivity index (χ0v) is 15.0. The maximum atomic E-state index is 9.10. The zero-order valence-electron chi connectivity index (χ0n) is 14.2. The molecule has 0 fully saturated rings. The minimum Gasteiger partial charge on any atom is -0.452 e. The Bertz CT molecular complexity index is 1270. The molecule has 3 N–H and O–H groups in total. The van der Waals surface area contributed by atoms with Crippen LogP contribution in [0.5, 0.6) is 0 Å². The molecule has 134 valence electrons. The lowest BCUT2D eigenvalue weighted by Gasteiger charge is -2.00. The third-order valence-corrected chi connectivity index (χ3v) is 5.44. The van der Waals surface area contributed by atoms with Gasteiger partial charge in [-0.05, 0) is 12.1 Å². The summed E-state index contributed by atoms with van der Waals surface area (Å²) in [6.45, 7) is 0.476. The molecule has 0 aliphatic rings. The standard InChI is InChI=1S/C19H15N5O2S/c20-19-18-13(14(7-22-19)11-6-23-24(9-11)3-4-25)5-16(26-18)15-10-27-17-8-21-2-1-12(15)17/h1-2,5-10,25H,3-4H2,(H2,20,22). The molecule has 5 heterocycles. The van der Waals surface area contributed by atoms with Gasteiger partial charge in [-0.15, -0.1) is 11.3 Å². The van der Waals surface area contributed by atoms with Crippen LogP contribution in [-0.2, 0) is 6.54 Å².